The highest BCUT2D eigenvalue weighted by Gasteiger charge is 2.20. The molecule has 4 rings (SSSR count). The van der Waals surface area contributed by atoms with Crippen LogP contribution in [0.5, 0.6) is 17.2 Å². The van der Waals surface area contributed by atoms with Crippen molar-refractivity contribution >= 4 is 29.4 Å². The van der Waals surface area contributed by atoms with Gasteiger partial charge >= 0.3 is 0 Å². The van der Waals surface area contributed by atoms with Crippen LogP contribution in [0.2, 0.25) is 0 Å². The Labute approximate surface area is 210 Å². The number of rotatable bonds is 9. The first-order valence-electron chi connectivity index (χ1n) is 11.5. The summed E-state index contributed by atoms with van der Waals surface area (Å²) in [6.45, 7) is 3.77. The number of anilines is 1. The second-order valence-electron chi connectivity index (χ2n) is 8.13. The van der Waals surface area contributed by atoms with Crippen molar-refractivity contribution in [1.82, 2.24) is 5.01 Å². The smallest absolute Gasteiger partial charge is 0.249 e. The van der Waals surface area contributed by atoms with E-state index in [4.69, 9.17) is 9.47 Å². The number of carbonyl (C=O) groups is 2. The van der Waals surface area contributed by atoms with Gasteiger partial charge in [-0.2, -0.15) is 5.10 Å². The number of ether oxygens (including phenoxy) is 2. The quantitative estimate of drug-likeness (QED) is 0.442. The number of aliphatic imine (C=N–C) groups is 1. The van der Waals surface area contributed by atoms with E-state index in [0.29, 0.717) is 11.5 Å². The lowest BCUT2D eigenvalue weighted by Crippen LogP contribution is -2.34. The average Bonchev–Trinajstić information content (AvgIpc) is 3.32. The first-order valence-corrected chi connectivity index (χ1v) is 11.5. The second-order valence-corrected chi connectivity index (χ2v) is 8.13. The van der Waals surface area contributed by atoms with Crippen LogP contribution in [0, 0.1) is 13.5 Å². The third-order valence-electron chi connectivity index (χ3n) is 5.41. The van der Waals surface area contributed by atoms with E-state index in [9.17, 15) is 9.59 Å². The fourth-order valence-corrected chi connectivity index (χ4v) is 3.41. The molecule has 0 fully saturated rings. The molecule has 2 amide bonds. The molecule has 8 heteroatoms. The summed E-state index contributed by atoms with van der Waals surface area (Å²) in [5.74, 6) is 1.69. The standard InChI is InChI=1S/C28H27N4O4/c1-21-8-6-7-11-26(21)35-17-16-27(33)30-22-18-29-32(19-22)20-28(34)31(2)23-12-14-25(15-13-23)36-24-9-4-3-5-10-24/h3-15,18-19H,16-17,20H2,1-2H3. The molecule has 0 N–H and O–H groups in total. The lowest BCUT2D eigenvalue weighted by Gasteiger charge is -2.20. The van der Waals surface area contributed by atoms with Crippen molar-refractivity contribution in [3.05, 3.63) is 91.0 Å². The average molecular weight is 484 g/mol. The van der Waals surface area contributed by atoms with E-state index >= 15 is 0 Å². The lowest BCUT2D eigenvalue weighted by molar-refractivity contribution is -0.119. The van der Waals surface area contributed by atoms with E-state index in [-0.39, 0.29) is 31.4 Å². The van der Waals surface area contributed by atoms with Crippen LogP contribution in [-0.4, -0.2) is 48.9 Å². The molecule has 0 aliphatic carbocycles. The van der Waals surface area contributed by atoms with Gasteiger partial charge in [0.2, 0.25) is 11.8 Å². The largest absolute Gasteiger partial charge is 0.493 e. The maximum atomic E-state index is 12.7. The Bertz CT molecular complexity index is 1260. The van der Waals surface area contributed by atoms with Gasteiger partial charge in [-0.05, 0) is 55.0 Å². The van der Waals surface area contributed by atoms with Gasteiger partial charge in [-0.1, -0.05) is 36.4 Å². The van der Waals surface area contributed by atoms with Crippen molar-refractivity contribution in [2.75, 3.05) is 25.1 Å². The predicted octanol–water partition coefficient (Wildman–Crippen LogP) is 4.65. The van der Waals surface area contributed by atoms with Gasteiger partial charge in [-0.3, -0.25) is 14.6 Å². The Balaban J connectivity index is 1.22. The maximum Gasteiger partial charge on any atom is 0.249 e. The Hall–Kier alpha value is -4.46. The third kappa shape index (κ3) is 6.79. The zero-order valence-electron chi connectivity index (χ0n) is 20.2. The van der Waals surface area contributed by atoms with Crippen LogP contribution in [0.25, 0.3) is 0 Å². The van der Waals surface area contributed by atoms with Crippen molar-refractivity contribution < 1.29 is 19.1 Å². The van der Waals surface area contributed by atoms with Gasteiger partial charge in [0.25, 0.3) is 0 Å². The fourth-order valence-electron chi connectivity index (χ4n) is 3.41. The van der Waals surface area contributed by atoms with Gasteiger partial charge < -0.3 is 14.4 Å². The van der Waals surface area contributed by atoms with E-state index in [1.165, 1.54) is 11.2 Å². The minimum atomic E-state index is -0.315. The molecule has 1 aliphatic heterocycles. The topological polar surface area (TPSA) is 83.8 Å². The molecule has 1 radical (unpaired) electrons. The number of benzene rings is 3. The molecular formula is C28H27N4O4. The van der Waals surface area contributed by atoms with Crippen LogP contribution >= 0.6 is 0 Å². The number of likely N-dealkylation sites (N-methyl/N-ethyl adjacent to an activating group) is 1. The van der Waals surface area contributed by atoms with Gasteiger partial charge in [0.1, 0.15) is 30.3 Å². The molecule has 0 spiro atoms. The molecule has 0 atom stereocenters. The highest BCUT2D eigenvalue weighted by atomic mass is 16.5. The SMILES string of the molecule is Cc1ccccc1OCCC(=O)N=C1[CH]N(CC(=O)N(C)c2ccc(Oc3ccccc3)cc2)N=C1. The minimum Gasteiger partial charge on any atom is -0.493 e. The summed E-state index contributed by atoms with van der Waals surface area (Å²) in [7, 11) is 1.70. The van der Waals surface area contributed by atoms with Crippen LogP contribution in [0.4, 0.5) is 5.69 Å². The molecule has 0 saturated carbocycles. The van der Waals surface area contributed by atoms with Gasteiger partial charge in [0, 0.05) is 12.7 Å². The zero-order chi connectivity index (χ0) is 25.3. The molecule has 3 aromatic carbocycles. The number of para-hydroxylation sites is 2. The molecule has 0 saturated heterocycles. The number of amides is 2. The molecule has 0 bridgehead atoms. The van der Waals surface area contributed by atoms with Crippen LogP contribution in [0.3, 0.4) is 0 Å². The summed E-state index contributed by atoms with van der Waals surface area (Å²) in [6.07, 6.45) is 1.61. The maximum absolute atomic E-state index is 12.7. The van der Waals surface area contributed by atoms with Crippen molar-refractivity contribution in [3.8, 4) is 17.2 Å². The molecule has 8 nitrogen and oxygen atoms in total. The van der Waals surface area contributed by atoms with E-state index in [1.807, 2.05) is 85.8 Å². The Morgan fingerprint density at radius 3 is 2.39 bits per heavy atom. The third-order valence-corrected chi connectivity index (χ3v) is 5.41. The van der Waals surface area contributed by atoms with Gasteiger partial charge in [0.05, 0.1) is 25.0 Å². The molecule has 1 aliphatic rings. The predicted molar refractivity (Wildman–Crippen MR) is 140 cm³/mol. The van der Waals surface area contributed by atoms with Gasteiger partial charge in [0.15, 0.2) is 0 Å². The highest BCUT2D eigenvalue weighted by molar-refractivity contribution is 6.37. The van der Waals surface area contributed by atoms with Crippen molar-refractivity contribution in [2.24, 2.45) is 10.1 Å². The number of nitrogens with zero attached hydrogens (tertiary/aromatic N) is 4. The normalized spacial score (nSPS) is 13.6. The van der Waals surface area contributed by atoms with Crippen LogP contribution in [0.15, 0.2) is 89.0 Å². The van der Waals surface area contributed by atoms with Crippen molar-refractivity contribution in [2.45, 2.75) is 13.3 Å². The lowest BCUT2D eigenvalue weighted by atomic mass is 10.2. The van der Waals surface area contributed by atoms with E-state index < -0.39 is 0 Å². The van der Waals surface area contributed by atoms with E-state index in [0.717, 1.165) is 22.7 Å². The Morgan fingerprint density at radius 1 is 0.944 bits per heavy atom. The van der Waals surface area contributed by atoms with E-state index in [2.05, 4.69) is 10.1 Å². The molecule has 3 aromatic rings. The molecule has 36 heavy (non-hydrogen) atoms. The monoisotopic (exact) mass is 483 g/mol. The fraction of sp³-hybridized carbons (Fsp3) is 0.179. The second kappa shape index (κ2) is 11.8. The van der Waals surface area contributed by atoms with Crippen molar-refractivity contribution in [1.29, 1.82) is 0 Å². The number of hydrogen-bond donors (Lipinski definition) is 0. The molecule has 0 unspecified atom stereocenters. The van der Waals surface area contributed by atoms with Crippen LogP contribution in [-0.2, 0) is 9.59 Å². The van der Waals surface area contributed by atoms with Crippen LogP contribution < -0.4 is 14.4 Å². The first kappa shape index (κ1) is 24.7. The summed E-state index contributed by atoms with van der Waals surface area (Å²) in [5.41, 5.74) is 2.13. The number of hydrazone groups is 1. The number of carbonyl (C=O) groups excluding carboxylic acids is 2. The Kier molecular flexibility index (Phi) is 8.08. The van der Waals surface area contributed by atoms with Gasteiger partial charge in [-0.25, -0.2) is 4.99 Å². The number of aryl methyl sites for hydroxylation is 1. The summed E-state index contributed by atoms with van der Waals surface area (Å²) in [4.78, 5) is 30.5. The highest BCUT2D eigenvalue weighted by Crippen LogP contribution is 2.24. The molecule has 0 aromatic heterocycles. The first-order chi connectivity index (χ1) is 17.5. The van der Waals surface area contributed by atoms with Gasteiger partial charge in [-0.15, -0.1) is 0 Å². The van der Waals surface area contributed by atoms with E-state index in [1.54, 1.807) is 18.5 Å². The summed E-state index contributed by atoms with van der Waals surface area (Å²) >= 11 is 0. The number of hydrogen-bond acceptors (Lipinski definition) is 6. The summed E-state index contributed by atoms with van der Waals surface area (Å²) in [6, 6.07) is 24.4. The van der Waals surface area contributed by atoms with Crippen molar-refractivity contribution in [3.63, 3.8) is 0 Å². The molecule has 1 heterocycles. The minimum absolute atomic E-state index is 0.0128. The molecular weight excluding hydrogens is 456 g/mol. The zero-order valence-corrected chi connectivity index (χ0v) is 20.2. The van der Waals surface area contributed by atoms with Crippen LogP contribution in [0.1, 0.15) is 12.0 Å². The summed E-state index contributed by atoms with van der Waals surface area (Å²) in [5, 5.41) is 5.62. The summed E-state index contributed by atoms with van der Waals surface area (Å²) < 4.78 is 11.4. The Morgan fingerprint density at radius 2 is 1.64 bits per heavy atom. The molecule has 183 valence electrons.